The molecule has 1 atom stereocenters. The maximum absolute atomic E-state index is 10.5. The van der Waals surface area contributed by atoms with Crippen molar-refractivity contribution in [2.24, 2.45) is 0 Å². The molecule has 1 aliphatic heterocycles. The van der Waals surface area contributed by atoms with Crippen LogP contribution in [-0.4, -0.2) is 28.8 Å². The minimum absolute atomic E-state index is 0.224. The molecule has 0 saturated carbocycles. The Kier molecular flexibility index (Phi) is 3.66. The maximum atomic E-state index is 10.5. The number of ether oxygens (including phenoxy) is 1. The average Bonchev–Trinajstić information content (AvgIpc) is 2.90. The lowest BCUT2D eigenvalue weighted by molar-refractivity contribution is 0.181. The van der Waals surface area contributed by atoms with Crippen LogP contribution < -0.4 is 10.1 Å². The molecule has 0 fully saturated rings. The first-order valence-electron chi connectivity index (χ1n) is 6.50. The summed E-state index contributed by atoms with van der Waals surface area (Å²) in [6, 6.07) is 7.68. The summed E-state index contributed by atoms with van der Waals surface area (Å²) in [5, 5.41) is 11.5. The van der Waals surface area contributed by atoms with Gasteiger partial charge in [-0.15, -0.1) is 0 Å². The van der Waals surface area contributed by atoms with E-state index < -0.39 is 6.09 Å². The van der Waals surface area contributed by atoms with Gasteiger partial charge < -0.3 is 15.2 Å². The highest BCUT2D eigenvalue weighted by atomic mass is 35.5. The van der Waals surface area contributed by atoms with Crippen LogP contribution in [0.4, 0.5) is 4.79 Å². The van der Waals surface area contributed by atoms with Crippen LogP contribution in [0.2, 0.25) is 5.02 Å². The zero-order valence-electron chi connectivity index (χ0n) is 11.0. The Balaban J connectivity index is 1.84. The summed E-state index contributed by atoms with van der Waals surface area (Å²) in [5.74, 6) is 0.640. The van der Waals surface area contributed by atoms with Gasteiger partial charge in [0.15, 0.2) is 0 Å². The van der Waals surface area contributed by atoms with Gasteiger partial charge in [-0.3, -0.25) is 4.98 Å². The highest BCUT2D eigenvalue weighted by Crippen LogP contribution is 2.39. The summed E-state index contributed by atoms with van der Waals surface area (Å²) in [6.45, 7) is 0.239. The molecule has 2 aromatic rings. The molecule has 0 spiro atoms. The second-order valence-electron chi connectivity index (χ2n) is 4.82. The van der Waals surface area contributed by atoms with Crippen molar-refractivity contribution in [3.63, 3.8) is 0 Å². The van der Waals surface area contributed by atoms with E-state index in [1.54, 1.807) is 12.4 Å². The van der Waals surface area contributed by atoms with Crippen molar-refractivity contribution >= 4 is 17.7 Å². The lowest BCUT2D eigenvalue weighted by Crippen LogP contribution is -2.33. The molecule has 0 bridgehead atoms. The smallest absolute Gasteiger partial charge is 0.404 e. The summed E-state index contributed by atoms with van der Waals surface area (Å²) in [6.07, 6.45) is 2.84. The third-order valence-corrected chi connectivity index (χ3v) is 3.61. The summed E-state index contributed by atoms with van der Waals surface area (Å²) >= 11 is 6.27. The number of nitrogens with one attached hydrogen (secondary N) is 1. The van der Waals surface area contributed by atoms with Gasteiger partial charge in [0, 0.05) is 29.9 Å². The Bertz CT molecular complexity index is 676. The second-order valence-corrected chi connectivity index (χ2v) is 5.23. The van der Waals surface area contributed by atoms with Crippen LogP contribution >= 0.6 is 11.6 Å². The highest BCUT2D eigenvalue weighted by Gasteiger charge is 2.26. The zero-order chi connectivity index (χ0) is 14.8. The van der Waals surface area contributed by atoms with E-state index in [4.69, 9.17) is 21.4 Å². The number of benzene rings is 1. The molecule has 5 nitrogen and oxygen atoms in total. The molecule has 1 aromatic heterocycles. The van der Waals surface area contributed by atoms with Crippen molar-refractivity contribution in [2.75, 3.05) is 6.54 Å². The molecule has 1 unspecified atom stereocenters. The molecule has 1 aromatic carbocycles. The molecule has 1 aliphatic rings. The van der Waals surface area contributed by atoms with Crippen molar-refractivity contribution in [3.8, 4) is 16.9 Å². The van der Waals surface area contributed by atoms with Crippen molar-refractivity contribution in [3.05, 3.63) is 47.2 Å². The van der Waals surface area contributed by atoms with Gasteiger partial charge in [-0.05, 0) is 23.8 Å². The number of carboxylic acid groups (broad SMARTS) is 1. The Labute approximate surface area is 126 Å². The van der Waals surface area contributed by atoms with Crippen LogP contribution in [0.25, 0.3) is 11.1 Å². The van der Waals surface area contributed by atoms with E-state index in [1.807, 2.05) is 24.3 Å². The first-order chi connectivity index (χ1) is 10.1. The maximum Gasteiger partial charge on any atom is 0.404 e. The number of halogens is 1. The van der Waals surface area contributed by atoms with Crippen molar-refractivity contribution in [1.29, 1.82) is 0 Å². The molecule has 6 heteroatoms. The number of fused-ring (bicyclic) bond motifs is 1. The first kappa shape index (κ1) is 13.7. The minimum atomic E-state index is -1.06. The predicted molar refractivity (Wildman–Crippen MR) is 78.8 cm³/mol. The second kappa shape index (κ2) is 5.61. The van der Waals surface area contributed by atoms with Gasteiger partial charge >= 0.3 is 6.09 Å². The van der Waals surface area contributed by atoms with Crippen LogP contribution in [0, 0.1) is 0 Å². The van der Waals surface area contributed by atoms with Crippen molar-refractivity contribution < 1.29 is 14.6 Å². The fourth-order valence-electron chi connectivity index (χ4n) is 2.40. The summed E-state index contributed by atoms with van der Waals surface area (Å²) in [7, 11) is 0. The number of hydrogen-bond acceptors (Lipinski definition) is 3. The fraction of sp³-hybridized carbons (Fsp3) is 0.200. The molecular formula is C15H13ClN2O3. The quantitative estimate of drug-likeness (QED) is 0.914. The number of rotatable bonds is 3. The van der Waals surface area contributed by atoms with Gasteiger partial charge in [-0.1, -0.05) is 17.7 Å². The SMILES string of the molecule is O=C(O)NCC1Cc2cc(-c3cccnc3)cc(Cl)c2O1. The first-order valence-corrected chi connectivity index (χ1v) is 6.87. The lowest BCUT2D eigenvalue weighted by Gasteiger charge is -2.10. The number of nitrogens with zero attached hydrogens (tertiary/aromatic N) is 1. The van der Waals surface area contributed by atoms with E-state index in [1.165, 1.54) is 0 Å². The summed E-state index contributed by atoms with van der Waals surface area (Å²) < 4.78 is 5.71. The van der Waals surface area contributed by atoms with Gasteiger partial charge in [0.25, 0.3) is 0 Å². The van der Waals surface area contributed by atoms with Gasteiger partial charge in [-0.2, -0.15) is 0 Å². The Hall–Kier alpha value is -2.27. The topological polar surface area (TPSA) is 71.5 Å². The molecule has 0 saturated heterocycles. The summed E-state index contributed by atoms with van der Waals surface area (Å²) in [5.41, 5.74) is 2.94. The van der Waals surface area contributed by atoms with Gasteiger partial charge in [-0.25, -0.2) is 4.79 Å². The van der Waals surface area contributed by atoms with E-state index in [0.29, 0.717) is 17.2 Å². The Morgan fingerprint density at radius 2 is 2.33 bits per heavy atom. The fourth-order valence-corrected chi connectivity index (χ4v) is 2.69. The molecule has 2 heterocycles. The Morgan fingerprint density at radius 3 is 3.05 bits per heavy atom. The highest BCUT2D eigenvalue weighted by molar-refractivity contribution is 6.32. The number of amides is 1. The third-order valence-electron chi connectivity index (χ3n) is 3.33. The largest absolute Gasteiger partial charge is 0.486 e. The number of aromatic nitrogens is 1. The number of hydrogen-bond donors (Lipinski definition) is 2. The molecule has 2 N–H and O–H groups in total. The molecule has 108 valence electrons. The summed E-state index contributed by atoms with van der Waals surface area (Å²) in [4.78, 5) is 14.6. The molecule has 21 heavy (non-hydrogen) atoms. The molecule has 3 rings (SSSR count). The van der Waals surface area contributed by atoms with Crippen molar-refractivity contribution in [2.45, 2.75) is 12.5 Å². The van der Waals surface area contributed by atoms with Gasteiger partial charge in [0.2, 0.25) is 0 Å². The van der Waals surface area contributed by atoms with Crippen LogP contribution in [0.1, 0.15) is 5.56 Å². The Morgan fingerprint density at radius 1 is 1.48 bits per heavy atom. The lowest BCUT2D eigenvalue weighted by atomic mass is 10.0. The van der Waals surface area contributed by atoms with Crippen molar-refractivity contribution in [1.82, 2.24) is 10.3 Å². The van der Waals surface area contributed by atoms with E-state index in [9.17, 15) is 4.79 Å². The molecule has 0 radical (unpaired) electrons. The van der Waals surface area contributed by atoms with Crippen LogP contribution in [0.3, 0.4) is 0 Å². The van der Waals surface area contributed by atoms with Gasteiger partial charge in [0.1, 0.15) is 11.9 Å². The van der Waals surface area contributed by atoms with E-state index >= 15 is 0 Å². The predicted octanol–water partition coefficient (Wildman–Crippen LogP) is 2.97. The minimum Gasteiger partial charge on any atom is -0.486 e. The molecule has 0 aliphatic carbocycles. The molecule has 1 amide bonds. The number of carbonyl (C=O) groups is 1. The third kappa shape index (κ3) is 2.92. The van der Waals surface area contributed by atoms with E-state index in [0.717, 1.165) is 16.7 Å². The van der Waals surface area contributed by atoms with E-state index in [-0.39, 0.29) is 12.6 Å². The average molecular weight is 305 g/mol. The van der Waals surface area contributed by atoms with E-state index in [2.05, 4.69) is 10.3 Å². The van der Waals surface area contributed by atoms with Crippen LogP contribution in [0.15, 0.2) is 36.7 Å². The molecular weight excluding hydrogens is 292 g/mol. The zero-order valence-corrected chi connectivity index (χ0v) is 11.8. The normalized spacial score (nSPS) is 16.1. The number of pyridine rings is 1. The van der Waals surface area contributed by atoms with Crippen LogP contribution in [0.5, 0.6) is 5.75 Å². The standard InChI is InChI=1S/C15H13ClN2O3/c16-13-6-10(9-2-1-3-17-7-9)4-11-5-12(21-14(11)13)8-18-15(19)20/h1-4,6-7,12,18H,5,8H2,(H,19,20). The van der Waals surface area contributed by atoms with Crippen LogP contribution in [-0.2, 0) is 6.42 Å². The monoisotopic (exact) mass is 304 g/mol. The van der Waals surface area contributed by atoms with Gasteiger partial charge in [0.05, 0.1) is 11.6 Å².